The number of hydrogen-bond donors (Lipinski definition) is 3. The van der Waals surface area contributed by atoms with Crippen molar-refractivity contribution in [3.05, 3.63) is 0 Å². The van der Waals surface area contributed by atoms with E-state index in [0.717, 1.165) is 0 Å². The van der Waals surface area contributed by atoms with Gasteiger partial charge in [0, 0.05) is 12.6 Å². The average molecular weight is 365 g/mol. The highest BCUT2D eigenvalue weighted by molar-refractivity contribution is 5.87. The van der Waals surface area contributed by atoms with E-state index in [1.807, 2.05) is 0 Å². The van der Waals surface area contributed by atoms with E-state index < -0.39 is 42.6 Å². The number of amides is 3. The molecule has 2 aliphatic rings. The van der Waals surface area contributed by atoms with Gasteiger partial charge in [0.2, 0.25) is 5.91 Å². The molecule has 25 heavy (non-hydrogen) atoms. The van der Waals surface area contributed by atoms with Crippen molar-refractivity contribution >= 4 is 17.9 Å². The fourth-order valence-corrected chi connectivity index (χ4v) is 3.32. The molecule has 3 amide bonds. The van der Waals surface area contributed by atoms with Crippen LogP contribution in [-0.2, 0) is 9.59 Å². The highest BCUT2D eigenvalue weighted by atomic mass is 19.4. The summed E-state index contributed by atoms with van der Waals surface area (Å²) in [4.78, 5) is 35.7. The maximum Gasteiger partial charge on any atom is 0.406 e. The predicted molar refractivity (Wildman–Crippen MR) is 80.7 cm³/mol. The summed E-state index contributed by atoms with van der Waals surface area (Å²) in [7, 11) is 0. The molecule has 0 aromatic carbocycles. The number of rotatable bonds is 4. The summed E-state index contributed by atoms with van der Waals surface area (Å²) < 4.78 is 37.4. The number of piperidine rings is 1. The van der Waals surface area contributed by atoms with Crippen molar-refractivity contribution in [2.45, 2.75) is 56.8 Å². The molecule has 1 heterocycles. The van der Waals surface area contributed by atoms with Gasteiger partial charge in [-0.3, -0.25) is 9.59 Å². The van der Waals surface area contributed by atoms with Crippen LogP contribution in [0.15, 0.2) is 0 Å². The largest absolute Gasteiger partial charge is 0.481 e. The molecule has 0 bridgehead atoms. The van der Waals surface area contributed by atoms with Crippen molar-refractivity contribution in [2.75, 3.05) is 13.1 Å². The summed E-state index contributed by atoms with van der Waals surface area (Å²) in [5.74, 6) is -1.98. The predicted octanol–water partition coefficient (Wildman–Crippen LogP) is 1.48. The second-order valence-electron chi connectivity index (χ2n) is 6.57. The van der Waals surface area contributed by atoms with Crippen LogP contribution in [-0.4, -0.2) is 59.3 Å². The second kappa shape index (κ2) is 7.92. The van der Waals surface area contributed by atoms with Gasteiger partial charge in [-0.25, -0.2) is 4.79 Å². The number of aliphatic carboxylic acids is 1. The molecule has 1 aliphatic heterocycles. The van der Waals surface area contributed by atoms with Crippen molar-refractivity contribution in [1.29, 1.82) is 0 Å². The van der Waals surface area contributed by atoms with Crippen LogP contribution < -0.4 is 10.6 Å². The lowest BCUT2D eigenvalue weighted by Gasteiger charge is -2.33. The lowest BCUT2D eigenvalue weighted by molar-refractivity contribution is -0.164. The molecule has 0 aromatic heterocycles. The van der Waals surface area contributed by atoms with Crippen LogP contribution in [0, 0.1) is 5.92 Å². The monoisotopic (exact) mass is 365 g/mol. The molecule has 0 radical (unpaired) electrons. The number of nitrogens with zero attached hydrogens (tertiary/aromatic N) is 1. The second-order valence-corrected chi connectivity index (χ2v) is 6.57. The molecule has 1 saturated carbocycles. The SMILES string of the molecule is O=C(NC1CCC(C(=O)O)CC1)NC1CCCN(CC(F)(F)F)C1=O. The van der Waals surface area contributed by atoms with Crippen LogP contribution in [0.5, 0.6) is 0 Å². The lowest BCUT2D eigenvalue weighted by atomic mass is 9.86. The molecule has 7 nitrogen and oxygen atoms in total. The summed E-state index contributed by atoms with van der Waals surface area (Å²) in [6.07, 6.45) is -1.83. The first-order chi connectivity index (χ1) is 11.7. The molecule has 2 rings (SSSR count). The zero-order valence-corrected chi connectivity index (χ0v) is 13.6. The van der Waals surface area contributed by atoms with Crippen molar-refractivity contribution in [1.82, 2.24) is 15.5 Å². The maximum absolute atomic E-state index is 12.5. The molecule has 1 aliphatic carbocycles. The standard InChI is InChI=1S/C15H22F3N3O4/c16-15(17,18)8-21-7-1-2-11(12(21)22)20-14(25)19-10-5-3-9(4-6-10)13(23)24/h9-11H,1-8H2,(H,23,24)(H2,19,20,25). The molecular formula is C15H22F3N3O4. The molecule has 1 saturated heterocycles. The van der Waals surface area contributed by atoms with Crippen LogP contribution in [0.3, 0.4) is 0 Å². The Balaban J connectivity index is 1.80. The smallest absolute Gasteiger partial charge is 0.406 e. The van der Waals surface area contributed by atoms with E-state index in [4.69, 9.17) is 5.11 Å². The van der Waals surface area contributed by atoms with E-state index in [1.54, 1.807) is 0 Å². The Hall–Kier alpha value is -2.00. The first-order valence-electron chi connectivity index (χ1n) is 8.31. The molecule has 0 aromatic rings. The molecule has 142 valence electrons. The Morgan fingerprint density at radius 2 is 1.76 bits per heavy atom. The van der Waals surface area contributed by atoms with Crippen LogP contribution in [0.2, 0.25) is 0 Å². The van der Waals surface area contributed by atoms with Crippen molar-refractivity contribution in [3.8, 4) is 0 Å². The Kier molecular flexibility index (Phi) is 6.12. The van der Waals surface area contributed by atoms with Crippen LogP contribution >= 0.6 is 0 Å². The topological polar surface area (TPSA) is 98.7 Å². The van der Waals surface area contributed by atoms with E-state index in [-0.39, 0.29) is 12.6 Å². The first-order valence-corrected chi connectivity index (χ1v) is 8.31. The lowest BCUT2D eigenvalue weighted by Crippen LogP contribution is -2.56. The number of likely N-dealkylation sites (tertiary alicyclic amines) is 1. The van der Waals surface area contributed by atoms with E-state index in [9.17, 15) is 27.6 Å². The number of carboxylic acid groups (broad SMARTS) is 1. The molecule has 1 atom stereocenters. The van der Waals surface area contributed by atoms with Crippen LogP contribution in [0.1, 0.15) is 38.5 Å². The summed E-state index contributed by atoms with van der Waals surface area (Å²) in [6.45, 7) is -1.29. The molecule has 0 spiro atoms. The van der Waals surface area contributed by atoms with Crippen molar-refractivity contribution in [3.63, 3.8) is 0 Å². The fraction of sp³-hybridized carbons (Fsp3) is 0.800. The Bertz CT molecular complexity index is 519. The minimum absolute atomic E-state index is 0.0251. The zero-order valence-electron chi connectivity index (χ0n) is 13.6. The van der Waals surface area contributed by atoms with Gasteiger partial charge in [0.15, 0.2) is 0 Å². The number of alkyl halides is 3. The minimum Gasteiger partial charge on any atom is -0.481 e. The molecular weight excluding hydrogens is 343 g/mol. The summed E-state index contributed by atoms with van der Waals surface area (Å²) in [5, 5.41) is 14.0. The van der Waals surface area contributed by atoms with Gasteiger partial charge in [0.1, 0.15) is 12.6 Å². The summed E-state index contributed by atoms with van der Waals surface area (Å²) in [5.41, 5.74) is 0. The van der Waals surface area contributed by atoms with E-state index in [2.05, 4.69) is 10.6 Å². The average Bonchev–Trinajstić information content (AvgIpc) is 2.50. The highest BCUT2D eigenvalue weighted by Gasteiger charge is 2.38. The van der Waals surface area contributed by atoms with Gasteiger partial charge in [-0.05, 0) is 38.5 Å². The number of carboxylic acids is 1. The number of hydrogen-bond acceptors (Lipinski definition) is 3. The third kappa shape index (κ3) is 5.79. The highest BCUT2D eigenvalue weighted by Crippen LogP contribution is 2.24. The normalized spacial score (nSPS) is 27.7. The van der Waals surface area contributed by atoms with E-state index in [1.165, 1.54) is 0 Å². The van der Waals surface area contributed by atoms with Gasteiger partial charge < -0.3 is 20.6 Å². The van der Waals surface area contributed by atoms with Gasteiger partial charge >= 0.3 is 18.2 Å². The third-order valence-corrected chi connectivity index (χ3v) is 4.62. The van der Waals surface area contributed by atoms with Crippen LogP contribution in [0.4, 0.5) is 18.0 Å². The maximum atomic E-state index is 12.5. The number of nitrogens with one attached hydrogen (secondary N) is 2. The van der Waals surface area contributed by atoms with Gasteiger partial charge in [-0.2, -0.15) is 13.2 Å². The Morgan fingerprint density at radius 3 is 2.32 bits per heavy atom. The van der Waals surface area contributed by atoms with Gasteiger partial charge in [-0.1, -0.05) is 0 Å². The van der Waals surface area contributed by atoms with Gasteiger partial charge in [-0.15, -0.1) is 0 Å². The number of urea groups is 1. The Labute approximate surface area is 142 Å². The van der Waals surface area contributed by atoms with Gasteiger partial charge in [0.25, 0.3) is 0 Å². The quantitative estimate of drug-likeness (QED) is 0.703. The number of carbonyl (C=O) groups is 3. The number of carbonyl (C=O) groups excluding carboxylic acids is 2. The van der Waals surface area contributed by atoms with Crippen molar-refractivity contribution < 1.29 is 32.7 Å². The summed E-state index contributed by atoms with van der Waals surface area (Å²) in [6, 6.07) is -1.77. The van der Waals surface area contributed by atoms with Crippen molar-refractivity contribution in [2.24, 2.45) is 5.92 Å². The van der Waals surface area contributed by atoms with Crippen LogP contribution in [0.25, 0.3) is 0 Å². The molecule has 3 N–H and O–H groups in total. The fourth-order valence-electron chi connectivity index (χ4n) is 3.32. The van der Waals surface area contributed by atoms with E-state index in [0.29, 0.717) is 43.4 Å². The molecule has 10 heteroatoms. The van der Waals surface area contributed by atoms with Gasteiger partial charge in [0.05, 0.1) is 5.92 Å². The number of halogens is 3. The summed E-state index contributed by atoms with van der Waals surface area (Å²) >= 11 is 0. The molecule has 1 unspecified atom stereocenters. The van der Waals surface area contributed by atoms with E-state index >= 15 is 0 Å². The third-order valence-electron chi connectivity index (χ3n) is 4.62. The molecule has 2 fully saturated rings. The zero-order chi connectivity index (χ0) is 18.6. The first kappa shape index (κ1) is 19.3. The Morgan fingerprint density at radius 1 is 1.12 bits per heavy atom. The minimum atomic E-state index is -4.47.